The molecule has 0 saturated carbocycles. The van der Waals surface area contributed by atoms with E-state index in [2.05, 4.69) is 4.57 Å². The van der Waals surface area contributed by atoms with Gasteiger partial charge in [-0.05, 0) is 79.1 Å². The number of nitrogens with zero attached hydrogens (tertiary/aromatic N) is 3. The highest BCUT2D eigenvalue weighted by molar-refractivity contribution is 7.89. The molecule has 1 fully saturated rings. The first-order valence-corrected chi connectivity index (χ1v) is 14.0. The van der Waals surface area contributed by atoms with Crippen LogP contribution in [0.3, 0.4) is 0 Å². The summed E-state index contributed by atoms with van der Waals surface area (Å²) in [6.45, 7) is 1.17. The molecule has 1 aliphatic heterocycles. The monoisotopic (exact) mass is 521 g/mol. The minimum atomic E-state index is -3.46. The molecule has 0 bridgehead atoms. The fraction of sp³-hybridized carbons (Fsp3) is 0.222. The van der Waals surface area contributed by atoms with Crippen molar-refractivity contribution < 1.29 is 17.9 Å². The fourth-order valence-corrected chi connectivity index (χ4v) is 6.66. The number of rotatable bonds is 7. The zero-order valence-electron chi connectivity index (χ0n) is 20.1. The number of ether oxygens (including phenoxy) is 2. The fourth-order valence-electron chi connectivity index (χ4n) is 4.21. The predicted molar refractivity (Wildman–Crippen MR) is 142 cm³/mol. The van der Waals surface area contributed by atoms with Crippen molar-refractivity contribution in [3.8, 4) is 28.4 Å². The van der Waals surface area contributed by atoms with Gasteiger partial charge in [0.15, 0.2) is 4.80 Å². The van der Waals surface area contributed by atoms with Crippen molar-refractivity contribution in [1.82, 2.24) is 8.87 Å². The third-order valence-corrected chi connectivity index (χ3v) is 8.93. The lowest BCUT2D eigenvalue weighted by Crippen LogP contribution is -2.27. The Morgan fingerprint density at radius 3 is 1.97 bits per heavy atom. The average molecular weight is 522 g/mol. The number of thiazole rings is 1. The van der Waals surface area contributed by atoms with Gasteiger partial charge in [0.25, 0.3) is 0 Å². The Morgan fingerprint density at radius 2 is 1.39 bits per heavy atom. The first-order valence-electron chi connectivity index (χ1n) is 11.6. The Balaban J connectivity index is 1.58. The van der Waals surface area contributed by atoms with Gasteiger partial charge in [-0.3, -0.25) is 4.57 Å². The summed E-state index contributed by atoms with van der Waals surface area (Å²) >= 11 is 1.52. The molecule has 4 aromatic rings. The maximum atomic E-state index is 13.0. The van der Waals surface area contributed by atoms with E-state index < -0.39 is 10.0 Å². The molecule has 1 saturated heterocycles. The Kier molecular flexibility index (Phi) is 6.95. The molecule has 0 radical (unpaired) electrons. The zero-order valence-corrected chi connectivity index (χ0v) is 21.8. The maximum Gasteiger partial charge on any atom is 0.243 e. The Bertz CT molecular complexity index is 1500. The van der Waals surface area contributed by atoms with Crippen LogP contribution in [0.5, 0.6) is 11.5 Å². The second-order valence-electron chi connectivity index (χ2n) is 8.38. The van der Waals surface area contributed by atoms with Gasteiger partial charge in [0.2, 0.25) is 10.0 Å². The topological polar surface area (TPSA) is 73.1 Å². The minimum absolute atomic E-state index is 0.322. The van der Waals surface area contributed by atoms with Gasteiger partial charge in [-0.2, -0.15) is 4.31 Å². The molecule has 2 heterocycles. The van der Waals surface area contributed by atoms with E-state index in [0.29, 0.717) is 18.0 Å². The zero-order chi connectivity index (χ0) is 25.1. The summed E-state index contributed by atoms with van der Waals surface area (Å²) in [5.74, 6) is 1.54. The lowest BCUT2D eigenvalue weighted by atomic mass is 10.1. The Hall–Kier alpha value is -3.40. The van der Waals surface area contributed by atoms with Crippen LogP contribution in [0.4, 0.5) is 5.69 Å². The predicted octanol–water partition coefficient (Wildman–Crippen LogP) is 5.24. The second kappa shape index (κ2) is 10.3. The highest BCUT2D eigenvalue weighted by Crippen LogP contribution is 2.28. The number of methoxy groups -OCH3 is 2. The summed E-state index contributed by atoms with van der Waals surface area (Å²) in [6.07, 6.45) is 1.82. The SMILES string of the molecule is COc1ccc(N=c2scc(-c3ccc(S(=O)(=O)N4CCCC4)cc3)n2-c2ccc(OC)cc2)cc1. The molecule has 36 heavy (non-hydrogen) atoms. The summed E-state index contributed by atoms with van der Waals surface area (Å²) < 4.78 is 40.2. The maximum absolute atomic E-state index is 13.0. The average Bonchev–Trinajstić information content (AvgIpc) is 3.61. The van der Waals surface area contributed by atoms with Gasteiger partial charge >= 0.3 is 0 Å². The van der Waals surface area contributed by atoms with Crippen LogP contribution in [0.15, 0.2) is 88.1 Å². The van der Waals surface area contributed by atoms with E-state index in [4.69, 9.17) is 14.5 Å². The molecule has 1 aliphatic rings. The molecule has 9 heteroatoms. The van der Waals surface area contributed by atoms with Gasteiger partial charge in [-0.15, -0.1) is 11.3 Å². The van der Waals surface area contributed by atoms with Crippen LogP contribution in [0.1, 0.15) is 12.8 Å². The van der Waals surface area contributed by atoms with Crippen LogP contribution in [0, 0.1) is 0 Å². The molecule has 0 unspecified atom stereocenters. The summed E-state index contributed by atoms with van der Waals surface area (Å²) in [4.78, 5) is 5.99. The van der Waals surface area contributed by atoms with Crippen molar-refractivity contribution in [3.05, 3.63) is 83.0 Å². The molecule has 0 N–H and O–H groups in total. The third-order valence-electron chi connectivity index (χ3n) is 6.19. The molecular weight excluding hydrogens is 494 g/mol. The van der Waals surface area contributed by atoms with E-state index in [1.807, 2.05) is 66.0 Å². The van der Waals surface area contributed by atoms with E-state index in [9.17, 15) is 8.42 Å². The van der Waals surface area contributed by atoms with E-state index in [1.54, 1.807) is 30.7 Å². The van der Waals surface area contributed by atoms with Gasteiger partial charge in [0, 0.05) is 24.2 Å². The normalized spacial score (nSPS) is 14.8. The first kappa shape index (κ1) is 24.3. The van der Waals surface area contributed by atoms with Crippen molar-refractivity contribution in [1.29, 1.82) is 0 Å². The summed E-state index contributed by atoms with van der Waals surface area (Å²) in [5.41, 5.74) is 3.55. The van der Waals surface area contributed by atoms with Gasteiger partial charge in [-0.1, -0.05) is 12.1 Å². The second-order valence-corrected chi connectivity index (χ2v) is 11.2. The van der Waals surface area contributed by atoms with E-state index in [0.717, 1.165) is 51.8 Å². The van der Waals surface area contributed by atoms with Crippen LogP contribution in [0.2, 0.25) is 0 Å². The van der Waals surface area contributed by atoms with Gasteiger partial charge in [0.05, 0.1) is 30.5 Å². The highest BCUT2D eigenvalue weighted by Gasteiger charge is 2.27. The molecular formula is C27H27N3O4S2. The Morgan fingerprint density at radius 1 is 0.806 bits per heavy atom. The van der Waals surface area contributed by atoms with Crippen molar-refractivity contribution in [2.45, 2.75) is 17.7 Å². The molecule has 3 aromatic carbocycles. The molecule has 0 spiro atoms. The van der Waals surface area contributed by atoms with Gasteiger partial charge < -0.3 is 9.47 Å². The quantitative estimate of drug-likeness (QED) is 0.333. The minimum Gasteiger partial charge on any atom is -0.497 e. The van der Waals surface area contributed by atoms with Gasteiger partial charge in [0.1, 0.15) is 11.5 Å². The van der Waals surface area contributed by atoms with Crippen molar-refractivity contribution in [2.24, 2.45) is 4.99 Å². The van der Waals surface area contributed by atoms with Crippen LogP contribution < -0.4 is 14.3 Å². The van der Waals surface area contributed by atoms with Crippen LogP contribution in [-0.4, -0.2) is 44.6 Å². The van der Waals surface area contributed by atoms with E-state index in [1.165, 1.54) is 11.3 Å². The largest absolute Gasteiger partial charge is 0.497 e. The number of hydrogen-bond donors (Lipinski definition) is 0. The lowest BCUT2D eigenvalue weighted by molar-refractivity contribution is 0.414. The molecule has 7 nitrogen and oxygen atoms in total. The van der Waals surface area contributed by atoms with Crippen molar-refractivity contribution in [3.63, 3.8) is 0 Å². The van der Waals surface area contributed by atoms with E-state index in [-0.39, 0.29) is 0 Å². The molecule has 1 aromatic heterocycles. The number of sulfonamides is 1. The number of aromatic nitrogens is 1. The number of hydrogen-bond acceptors (Lipinski definition) is 6. The summed E-state index contributed by atoms with van der Waals surface area (Å²) in [7, 11) is -0.187. The standard InChI is InChI=1S/C27H27N3O4S2/c1-33-23-11-7-21(8-12-23)28-27-30(22-9-13-24(34-2)14-10-22)26(19-35-27)20-5-15-25(16-6-20)36(31,32)29-17-3-4-18-29/h5-16,19H,3-4,17-18H2,1-2H3. The molecule has 186 valence electrons. The molecule has 0 amide bonds. The third kappa shape index (κ3) is 4.82. The van der Waals surface area contributed by atoms with Crippen molar-refractivity contribution >= 4 is 27.0 Å². The summed E-state index contributed by atoms with van der Waals surface area (Å²) in [6, 6.07) is 22.5. The molecule has 0 aliphatic carbocycles. The molecule has 5 rings (SSSR count). The lowest BCUT2D eigenvalue weighted by Gasteiger charge is -2.16. The first-order chi connectivity index (χ1) is 17.5. The van der Waals surface area contributed by atoms with Gasteiger partial charge in [-0.25, -0.2) is 13.4 Å². The number of benzene rings is 3. The van der Waals surface area contributed by atoms with Crippen LogP contribution >= 0.6 is 11.3 Å². The summed E-state index contributed by atoms with van der Waals surface area (Å²) in [5, 5.41) is 2.04. The highest BCUT2D eigenvalue weighted by atomic mass is 32.2. The van der Waals surface area contributed by atoms with Crippen molar-refractivity contribution in [2.75, 3.05) is 27.3 Å². The van der Waals surface area contributed by atoms with Crippen LogP contribution in [-0.2, 0) is 10.0 Å². The van der Waals surface area contributed by atoms with E-state index >= 15 is 0 Å². The molecule has 0 atom stereocenters. The Labute approximate surface area is 214 Å². The smallest absolute Gasteiger partial charge is 0.243 e. The van der Waals surface area contributed by atoms with Crippen LogP contribution in [0.25, 0.3) is 16.9 Å².